The van der Waals surface area contributed by atoms with Gasteiger partial charge in [0.15, 0.2) is 0 Å². The molecule has 0 atom stereocenters. The summed E-state index contributed by atoms with van der Waals surface area (Å²) in [5.74, 6) is 3.11. The summed E-state index contributed by atoms with van der Waals surface area (Å²) >= 11 is 0. The van der Waals surface area contributed by atoms with Crippen LogP contribution in [0, 0.1) is 23.2 Å². The number of hydrogen-bond donors (Lipinski definition) is 0. The number of rotatable bonds is 3. The minimum atomic E-state index is 0.549. The van der Waals surface area contributed by atoms with Crippen molar-refractivity contribution in [1.29, 1.82) is 0 Å². The maximum absolute atomic E-state index is 2.51. The van der Waals surface area contributed by atoms with E-state index in [9.17, 15) is 0 Å². The van der Waals surface area contributed by atoms with E-state index in [0.29, 0.717) is 5.41 Å². The molecule has 0 heteroatoms. The zero-order chi connectivity index (χ0) is 15.3. The Hall–Kier alpha value is -1.56. The van der Waals surface area contributed by atoms with Crippen LogP contribution in [0.1, 0.15) is 44.1 Å². The van der Waals surface area contributed by atoms with Crippen molar-refractivity contribution in [1.82, 2.24) is 0 Å². The van der Waals surface area contributed by atoms with Crippen molar-refractivity contribution < 1.29 is 0 Å². The summed E-state index contributed by atoms with van der Waals surface area (Å²) in [4.78, 5) is 0. The van der Waals surface area contributed by atoms with Gasteiger partial charge in [-0.15, -0.1) is 0 Å². The van der Waals surface area contributed by atoms with E-state index >= 15 is 0 Å². The third-order valence-electron chi connectivity index (χ3n) is 6.84. The zero-order valence-electron chi connectivity index (χ0n) is 13.9. The summed E-state index contributed by atoms with van der Waals surface area (Å²) in [5, 5.41) is 0. The molecule has 1 aromatic rings. The van der Waals surface area contributed by atoms with E-state index in [2.05, 4.69) is 54.6 Å². The highest BCUT2D eigenvalue weighted by molar-refractivity contribution is 5.49. The van der Waals surface area contributed by atoms with Gasteiger partial charge in [-0.2, -0.15) is 0 Å². The highest BCUT2D eigenvalue weighted by Gasteiger charge is 2.52. The molecule has 4 fully saturated rings. The molecule has 0 amide bonds. The van der Waals surface area contributed by atoms with Crippen LogP contribution in [-0.2, 0) is 6.42 Å². The van der Waals surface area contributed by atoms with E-state index in [1.165, 1.54) is 49.7 Å². The molecular formula is C23H26. The van der Waals surface area contributed by atoms with Crippen molar-refractivity contribution in [2.75, 3.05) is 0 Å². The normalized spacial score (nSPS) is 39.2. The SMILES string of the molecule is C1=CC(C23CC4CC(CC(C4)C2)C3)=CC1=CCc1ccccc1. The van der Waals surface area contributed by atoms with Gasteiger partial charge in [0.25, 0.3) is 0 Å². The van der Waals surface area contributed by atoms with Gasteiger partial charge in [0.1, 0.15) is 0 Å². The molecule has 118 valence electrons. The lowest BCUT2D eigenvalue weighted by molar-refractivity contribution is -0.0284. The topological polar surface area (TPSA) is 0 Å². The molecule has 4 bridgehead atoms. The minimum Gasteiger partial charge on any atom is -0.0729 e. The summed E-state index contributed by atoms with van der Waals surface area (Å²) in [5.41, 5.74) is 5.05. The molecule has 23 heavy (non-hydrogen) atoms. The molecule has 0 saturated heterocycles. The fourth-order valence-electron chi connectivity index (χ4n) is 6.23. The van der Waals surface area contributed by atoms with Crippen molar-refractivity contribution >= 4 is 0 Å². The molecule has 5 aliphatic rings. The molecule has 6 rings (SSSR count). The summed E-state index contributed by atoms with van der Waals surface area (Å²) in [6.07, 6.45) is 19.8. The fraction of sp³-hybridized carbons (Fsp3) is 0.478. The van der Waals surface area contributed by atoms with Crippen LogP contribution in [0.15, 0.2) is 65.8 Å². The molecule has 1 aromatic carbocycles. The lowest BCUT2D eigenvalue weighted by Gasteiger charge is -2.57. The quantitative estimate of drug-likeness (QED) is 0.655. The standard InChI is InChI=1S/C23H26/c1-2-4-17(5-3-1)6-7-18-8-9-22(13-18)23-14-19-10-20(15-23)12-21(11-19)16-23/h1-5,7-9,13,19-21H,6,10-12,14-16H2. The molecule has 0 N–H and O–H groups in total. The van der Waals surface area contributed by atoms with Gasteiger partial charge in [-0.1, -0.05) is 54.6 Å². The van der Waals surface area contributed by atoms with E-state index in [-0.39, 0.29) is 0 Å². The maximum atomic E-state index is 2.51. The summed E-state index contributed by atoms with van der Waals surface area (Å²) < 4.78 is 0. The molecule has 0 aromatic heterocycles. The Morgan fingerprint density at radius 3 is 2.17 bits per heavy atom. The first-order valence-corrected chi connectivity index (χ1v) is 9.43. The Labute approximate surface area is 140 Å². The van der Waals surface area contributed by atoms with E-state index in [0.717, 1.165) is 24.2 Å². The van der Waals surface area contributed by atoms with Gasteiger partial charge in [0, 0.05) is 0 Å². The third-order valence-corrected chi connectivity index (χ3v) is 6.84. The van der Waals surface area contributed by atoms with E-state index in [1.807, 2.05) is 0 Å². The van der Waals surface area contributed by atoms with Gasteiger partial charge in [-0.25, -0.2) is 0 Å². The van der Waals surface area contributed by atoms with Gasteiger partial charge in [0.2, 0.25) is 0 Å². The van der Waals surface area contributed by atoms with Gasteiger partial charge < -0.3 is 0 Å². The van der Waals surface area contributed by atoms with Crippen molar-refractivity contribution in [3.8, 4) is 0 Å². The zero-order valence-corrected chi connectivity index (χ0v) is 13.9. The molecule has 0 nitrogen and oxygen atoms in total. The van der Waals surface area contributed by atoms with Crippen LogP contribution >= 0.6 is 0 Å². The average molecular weight is 302 g/mol. The van der Waals surface area contributed by atoms with E-state index in [4.69, 9.17) is 0 Å². The summed E-state index contributed by atoms with van der Waals surface area (Å²) in [7, 11) is 0. The van der Waals surface area contributed by atoms with Gasteiger partial charge in [-0.05, 0) is 84.8 Å². The monoisotopic (exact) mass is 302 g/mol. The molecule has 0 spiro atoms. The lowest BCUT2D eigenvalue weighted by atomic mass is 9.48. The highest BCUT2D eigenvalue weighted by Crippen LogP contribution is 2.63. The van der Waals surface area contributed by atoms with Gasteiger partial charge >= 0.3 is 0 Å². The van der Waals surface area contributed by atoms with Crippen LogP contribution in [0.25, 0.3) is 0 Å². The average Bonchev–Trinajstić information content (AvgIpc) is 3.02. The first-order chi connectivity index (χ1) is 11.3. The molecule has 0 heterocycles. The van der Waals surface area contributed by atoms with Crippen LogP contribution in [0.2, 0.25) is 0 Å². The van der Waals surface area contributed by atoms with E-state index in [1.54, 1.807) is 5.57 Å². The number of allylic oxidation sites excluding steroid dienone is 6. The maximum Gasteiger partial charge on any atom is -0.00388 e. The molecule has 0 aliphatic heterocycles. The number of benzene rings is 1. The third kappa shape index (κ3) is 2.43. The molecule has 0 radical (unpaired) electrons. The second kappa shape index (κ2) is 5.23. The molecule has 0 unspecified atom stereocenters. The lowest BCUT2D eigenvalue weighted by Crippen LogP contribution is -2.46. The van der Waals surface area contributed by atoms with Gasteiger partial charge in [0.05, 0.1) is 0 Å². The smallest absolute Gasteiger partial charge is 0.00388 e. The fourth-order valence-corrected chi connectivity index (χ4v) is 6.23. The first-order valence-electron chi connectivity index (χ1n) is 9.43. The van der Waals surface area contributed by atoms with Crippen molar-refractivity contribution in [2.24, 2.45) is 23.2 Å². The Morgan fingerprint density at radius 1 is 0.870 bits per heavy atom. The van der Waals surface area contributed by atoms with E-state index < -0.39 is 0 Å². The van der Waals surface area contributed by atoms with Crippen molar-refractivity contribution in [3.63, 3.8) is 0 Å². The predicted octanol–water partition coefficient (Wildman–Crippen LogP) is 5.87. The van der Waals surface area contributed by atoms with Crippen LogP contribution in [0.4, 0.5) is 0 Å². The molecule has 5 aliphatic carbocycles. The summed E-state index contributed by atoms with van der Waals surface area (Å²) in [6.45, 7) is 0. The Balaban J connectivity index is 1.37. The second-order valence-corrected chi connectivity index (χ2v) is 8.52. The van der Waals surface area contributed by atoms with Gasteiger partial charge in [-0.3, -0.25) is 0 Å². The second-order valence-electron chi connectivity index (χ2n) is 8.52. The first kappa shape index (κ1) is 13.8. The van der Waals surface area contributed by atoms with Crippen molar-refractivity contribution in [2.45, 2.75) is 44.9 Å². The largest absolute Gasteiger partial charge is 0.0729 e. The predicted molar refractivity (Wildman–Crippen MR) is 96.1 cm³/mol. The van der Waals surface area contributed by atoms with Crippen LogP contribution in [0.5, 0.6) is 0 Å². The molecule has 4 saturated carbocycles. The van der Waals surface area contributed by atoms with Crippen molar-refractivity contribution in [3.05, 3.63) is 71.3 Å². The molecular weight excluding hydrogens is 276 g/mol. The van der Waals surface area contributed by atoms with Crippen LogP contribution in [0.3, 0.4) is 0 Å². The Morgan fingerprint density at radius 2 is 1.52 bits per heavy atom. The minimum absolute atomic E-state index is 0.549. The van der Waals surface area contributed by atoms with Crippen LogP contribution in [-0.4, -0.2) is 0 Å². The Bertz CT molecular complexity index is 651. The van der Waals surface area contributed by atoms with Crippen LogP contribution < -0.4 is 0 Å². The number of hydrogen-bond acceptors (Lipinski definition) is 0. The highest BCUT2D eigenvalue weighted by atomic mass is 14.6. The summed E-state index contributed by atoms with van der Waals surface area (Å²) in [6, 6.07) is 10.8. The Kier molecular flexibility index (Phi) is 3.15.